The van der Waals surface area contributed by atoms with Crippen LogP contribution in [0.5, 0.6) is 11.8 Å². The van der Waals surface area contributed by atoms with Crippen molar-refractivity contribution in [1.29, 1.82) is 0 Å². The van der Waals surface area contributed by atoms with E-state index < -0.39 is 31.4 Å². The van der Waals surface area contributed by atoms with Crippen LogP contribution in [-0.2, 0) is 4.74 Å². The Bertz CT molecular complexity index is 2330. The number of rotatable bonds is 11. The summed E-state index contributed by atoms with van der Waals surface area (Å²) in [5.41, 5.74) is 4.15. The van der Waals surface area contributed by atoms with E-state index in [1.165, 1.54) is 12.1 Å². The smallest absolute Gasteiger partial charge is 0.319 e. The molecule has 13 heteroatoms. The van der Waals surface area contributed by atoms with Gasteiger partial charge in [0.2, 0.25) is 0 Å². The molecule has 1 aliphatic carbocycles. The van der Waals surface area contributed by atoms with Gasteiger partial charge in [-0.05, 0) is 85.3 Å². The van der Waals surface area contributed by atoms with Crippen LogP contribution in [0.15, 0.2) is 30.5 Å². The number of phenols is 1. The summed E-state index contributed by atoms with van der Waals surface area (Å²) >= 11 is 0. The number of alkyl halides is 1. The highest BCUT2D eigenvalue weighted by atomic mass is 28.3. The van der Waals surface area contributed by atoms with E-state index >= 15 is 8.78 Å². The van der Waals surface area contributed by atoms with Gasteiger partial charge in [-0.1, -0.05) is 53.5 Å². The molecule has 2 aromatic heterocycles. The van der Waals surface area contributed by atoms with Gasteiger partial charge in [0, 0.05) is 49.2 Å². The zero-order valence-electron chi connectivity index (χ0n) is 35.2. The van der Waals surface area contributed by atoms with Gasteiger partial charge in [0.05, 0.1) is 34.7 Å². The van der Waals surface area contributed by atoms with Gasteiger partial charge in [-0.25, -0.2) is 13.2 Å². The lowest BCUT2D eigenvalue weighted by Gasteiger charge is -2.42. The van der Waals surface area contributed by atoms with Crippen LogP contribution >= 0.6 is 0 Å². The first-order valence-electron chi connectivity index (χ1n) is 21.7. The van der Waals surface area contributed by atoms with E-state index in [1.807, 2.05) is 0 Å². The lowest BCUT2D eigenvalue weighted by atomic mass is 9.95. The summed E-state index contributed by atoms with van der Waals surface area (Å²) in [6.45, 7) is 16.4. The Morgan fingerprint density at radius 3 is 2.53 bits per heavy atom. The van der Waals surface area contributed by atoms with Crippen LogP contribution in [0.4, 0.5) is 19.0 Å². The molecule has 0 amide bonds. The molecule has 59 heavy (non-hydrogen) atoms. The number of halogens is 3. The molecule has 9 nitrogen and oxygen atoms in total. The van der Waals surface area contributed by atoms with E-state index in [0.29, 0.717) is 77.4 Å². The van der Waals surface area contributed by atoms with Crippen molar-refractivity contribution in [3.05, 3.63) is 47.7 Å². The third kappa shape index (κ3) is 7.15. The quantitative estimate of drug-likeness (QED) is 0.114. The molecule has 4 aromatic rings. The molecule has 2 N–H and O–H groups in total. The monoisotopic (exact) mass is 826 g/mol. The average Bonchev–Trinajstić information content (AvgIpc) is 3.77. The van der Waals surface area contributed by atoms with Gasteiger partial charge in [0.1, 0.15) is 49.4 Å². The Morgan fingerprint density at radius 1 is 1.00 bits per heavy atom. The van der Waals surface area contributed by atoms with Gasteiger partial charge in [0.25, 0.3) is 0 Å². The molecule has 314 valence electrons. The summed E-state index contributed by atoms with van der Waals surface area (Å²) in [4.78, 5) is 18.8. The van der Waals surface area contributed by atoms with Gasteiger partial charge < -0.3 is 24.8 Å². The van der Waals surface area contributed by atoms with Crippen LogP contribution in [0.1, 0.15) is 92.1 Å². The van der Waals surface area contributed by atoms with Crippen molar-refractivity contribution in [2.24, 2.45) is 0 Å². The van der Waals surface area contributed by atoms with Crippen LogP contribution in [-0.4, -0.2) is 102 Å². The van der Waals surface area contributed by atoms with Crippen molar-refractivity contribution >= 4 is 35.6 Å². The second-order valence-electron chi connectivity index (χ2n) is 19.1. The molecular weight excluding hydrogens is 770 g/mol. The fraction of sp³-hybridized carbons (Fsp3) is 0.587. The highest BCUT2D eigenvalue weighted by Crippen LogP contribution is 2.44. The summed E-state index contributed by atoms with van der Waals surface area (Å²) in [7, 11) is -2.29. The number of aromatic hydroxyl groups is 1. The number of hydrogen-bond acceptors (Lipinski definition) is 9. The molecule has 6 heterocycles. The number of aromatic nitrogens is 3. The van der Waals surface area contributed by atoms with Crippen LogP contribution in [0.3, 0.4) is 0 Å². The Kier molecular flexibility index (Phi) is 10.4. The molecule has 2 aromatic carbocycles. The third-order valence-corrected chi connectivity index (χ3v) is 20.6. The number of phenolic OH excluding ortho intramolecular Hbond substituents is 1. The molecule has 5 aliphatic rings. The summed E-state index contributed by atoms with van der Waals surface area (Å²) < 4.78 is 61.2. The number of fused-ring (bicyclic) bond motifs is 5. The molecule has 9 rings (SSSR count). The first-order valence-corrected chi connectivity index (χ1v) is 24.0. The molecule has 4 atom stereocenters. The number of benzene rings is 2. The van der Waals surface area contributed by atoms with Gasteiger partial charge in [-0.2, -0.15) is 9.97 Å². The van der Waals surface area contributed by atoms with Crippen molar-refractivity contribution in [2.75, 3.05) is 44.3 Å². The first-order chi connectivity index (χ1) is 28.2. The maximum Gasteiger partial charge on any atom is 0.319 e. The molecule has 4 aliphatic heterocycles. The zero-order valence-corrected chi connectivity index (χ0v) is 36.2. The Balaban J connectivity index is 1.18. The predicted molar refractivity (Wildman–Crippen MR) is 228 cm³/mol. The number of anilines is 1. The average molecular weight is 827 g/mol. The topological polar surface area (TPSA) is 95.9 Å². The molecular formula is C46H57F3N6O3Si. The van der Waals surface area contributed by atoms with Crippen LogP contribution in [0.2, 0.25) is 16.6 Å². The molecule has 3 unspecified atom stereocenters. The van der Waals surface area contributed by atoms with Gasteiger partial charge in [-0.15, -0.1) is 5.54 Å². The van der Waals surface area contributed by atoms with Crippen molar-refractivity contribution in [3.63, 3.8) is 0 Å². The fourth-order valence-corrected chi connectivity index (χ4v) is 16.5. The van der Waals surface area contributed by atoms with E-state index in [4.69, 9.17) is 24.4 Å². The maximum absolute atomic E-state index is 17.6. The van der Waals surface area contributed by atoms with E-state index in [-0.39, 0.29) is 52.3 Å². The van der Waals surface area contributed by atoms with Crippen molar-refractivity contribution in [3.8, 4) is 34.5 Å². The molecule has 0 spiro atoms. The number of pyridine rings is 1. The summed E-state index contributed by atoms with van der Waals surface area (Å²) in [5, 5.41) is 16.2. The van der Waals surface area contributed by atoms with E-state index in [9.17, 15) is 9.50 Å². The normalized spacial score (nSPS) is 25.8. The maximum atomic E-state index is 17.6. The van der Waals surface area contributed by atoms with Crippen molar-refractivity contribution in [1.82, 2.24) is 25.2 Å². The van der Waals surface area contributed by atoms with Crippen molar-refractivity contribution < 1.29 is 27.8 Å². The van der Waals surface area contributed by atoms with Gasteiger partial charge in [0.15, 0.2) is 5.82 Å². The van der Waals surface area contributed by atoms with Crippen LogP contribution < -0.4 is 15.0 Å². The molecule has 1 saturated carbocycles. The standard InChI is InChI=1S/C46H57F3N6O3Si/c1-27(2)59(28(3)4,29(5)6)17-13-35-38(48)11-8-30-18-33(56)19-36(39(30)35)41-40(49)42-37(21-50-41)43(54-23-32-12-15-45(24-54,53-32)25-57-34-9-10-34)52-44(51-42)58-26-46-14-7-16-55(46)22-31(47)20-46/h8,11,18-19,21,27-29,31-32,34,53,56H,7,9-10,12,14-16,20,22-26H2,1-6H3/t31-,32?,45?,46?/m1/s1. The fourth-order valence-electron chi connectivity index (χ4n) is 11.3. The van der Waals surface area contributed by atoms with Crippen LogP contribution in [0.25, 0.3) is 32.9 Å². The van der Waals surface area contributed by atoms with E-state index in [0.717, 1.165) is 45.1 Å². The summed E-state index contributed by atoms with van der Waals surface area (Å²) in [6, 6.07) is 6.12. The number of ether oxygens (including phenoxy) is 2. The zero-order chi connectivity index (χ0) is 41.4. The second-order valence-corrected chi connectivity index (χ2v) is 24.7. The summed E-state index contributed by atoms with van der Waals surface area (Å²) in [6.07, 6.45) is 7.21. The highest BCUT2D eigenvalue weighted by molar-refractivity contribution is 6.90. The molecule has 0 radical (unpaired) electrons. The minimum atomic E-state index is -2.29. The summed E-state index contributed by atoms with van der Waals surface area (Å²) in [5.74, 6) is 2.44. The predicted octanol–water partition coefficient (Wildman–Crippen LogP) is 8.84. The molecule has 2 bridgehead atoms. The third-order valence-electron chi connectivity index (χ3n) is 14.3. The lowest BCUT2D eigenvalue weighted by molar-refractivity contribution is 0.0606. The van der Waals surface area contributed by atoms with E-state index in [2.05, 4.69) is 68.1 Å². The Morgan fingerprint density at radius 2 is 1.78 bits per heavy atom. The van der Waals surface area contributed by atoms with E-state index in [1.54, 1.807) is 18.3 Å². The molecule has 5 fully saturated rings. The minimum absolute atomic E-state index is 0.00565. The first kappa shape index (κ1) is 40.4. The largest absolute Gasteiger partial charge is 0.508 e. The molecule has 4 saturated heterocycles. The number of nitrogens with one attached hydrogen (secondary N) is 1. The van der Waals surface area contributed by atoms with Crippen LogP contribution in [0, 0.1) is 23.1 Å². The van der Waals surface area contributed by atoms with Gasteiger partial charge in [-0.3, -0.25) is 9.88 Å². The number of piperazine rings is 1. The number of nitrogens with zero attached hydrogens (tertiary/aromatic N) is 5. The Labute approximate surface area is 346 Å². The van der Waals surface area contributed by atoms with Crippen molar-refractivity contribution in [2.45, 2.75) is 133 Å². The minimum Gasteiger partial charge on any atom is -0.508 e. The lowest BCUT2D eigenvalue weighted by Crippen LogP contribution is -2.62. The second kappa shape index (κ2) is 15.2. The van der Waals surface area contributed by atoms with Gasteiger partial charge >= 0.3 is 6.01 Å². The SMILES string of the molecule is CC(C)[Si](C#Cc1c(F)ccc2cc(O)cc(-c3ncc4c(N5CC6CCC(COC7CC7)(C5)N6)nc(OCC56CCCN5C[C@H](F)C6)nc4c3F)c12)(C(C)C)C(C)C. The Hall–Kier alpha value is -3.96. The highest BCUT2D eigenvalue weighted by Gasteiger charge is 2.50. The number of hydrogen-bond donors (Lipinski definition) is 2.